The minimum atomic E-state index is -1.21. The van der Waals surface area contributed by atoms with Gasteiger partial charge in [0.15, 0.2) is 0 Å². The number of nitriles is 1. The van der Waals surface area contributed by atoms with Crippen molar-refractivity contribution in [3.05, 3.63) is 35.9 Å². The second-order valence-corrected chi connectivity index (χ2v) is 5.04. The normalized spacial score (nSPS) is 12.5. The fraction of sp³-hybridized carbons (Fsp3) is 0.375. The predicted molar refractivity (Wildman–Crippen MR) is 82.2 cm³/mol. The molecule has 7 heteroatoms. The van der Waals surface area contributed by atoms with Gasteiger partial charge in [0.2, 0.25) is 11.8 Å². The van der Waals surface area contributed by atoms with Crippen LogP contribution in [-0.4, -0.2) is 35.0 Å². The molecule has 2 amide bonds. The van der Waals surface area contributed by atoms with Crippen molar-refractivity contribution in [1.29, 1.82) is 5.26 Å². The van der Waals surface area contributed by atoms with Gasteiger partial charge >= 0.3 is 5.97 Å². The second kappa shape index (κ2) is 9.20. The lowest BCUT2D eigenvalue weighted by Gasteiger charge is -2.20. The summed E-state index contributed by atoms with van der Waals surface area (Å²) in [5.74, 6) is -2.19. The first-order valence-corrected chi connectivity index (χ1v) is 7.15. The molecule has 0 saturated heterocycles. The second-order valence-electron chi connectivity index (χ2n) is 5.04. The van der Waals surface area contributed by atoms with Gasteiger partial charge in [0, 0.05) is 19.8 Å². The van der Waals surface area contributed by atoms with E-state index < -0.39 is 24.0 Å². The van der Waals surface area contributed by atoms with Gasteiger partial charge in [0.25, 0.3) is 0 Å². The van der Waals surface area contributed by atoms with Crippen LogP contribution in [0.1, 0.15) is 25.3 Å². The molecule has 0 heterocycles. The van der Waals surface area contributed by atoms with Crippen molar-refractivity contribution in [3.63, 3.8) is 0 Å². The Morgan fingerprint density at radius 1 is 1.17 bits per heavy atom. The van der Waals surface area contributed by atoms with E-state index in [1.165, 1.54) is 6.92 Å². The largest absolute Gasteiger partial charge is 0.480 e. The van der Waals surface area contributed by atoms with Crippen LogP contribution in [0.4, 0.5) is 0 Å². The molecule has 0 aliphatic heterocycles. The summed E-state index contributed by atoms with van der Waals surface area (Å²) in [6.07, 6.45) is 0.271. The predicted octanol–water partition coefficient (Wildman–Crippen LogP) is 0.607. The van der Waals surface area contributed by atoms with Gasteiger partial charge in [-0.05, 0) is 12.0 Å². The third kappa shape index (κ3) is 6.61. The third-order valence-electron chi connectivity index (χ3n) is 3.14. The smallest absolute Gasteiger partial charge is 0.326 e. The highest BCUT2D eigenvalue weighted by Gasteiger charge is 2.25. The maximum absolute atomic E-state index is 12.3. The zero-order valence-corrected chi connectivity index (χ0v) is 12.8. The minimum absolute atomic E-state index is 0.00962. The first-order valence-electron chi connectivity index (χ1n) is 7.15. The van der Waals surface area contributed by atoms with E-state index in [0.717, 1.165) is 5.56 Å². The number of aliphatic carboxylic acids is 1. The zero-order chi connectivity index (χ0) is 17.2. The lowest BCUT2D eigenvalue weighted by molar-refractivity contribution is -0.142. The highest BCUT2D eigenvalue weighted by atomic mass is 16.4. The van der Waals surface area contributed by atoms with Gasteiger partial charge in [0.05, 0.1) is 6.07 Å². The Labute approximate surface area is 134 Å². The van der Waals surface area contributed by atoms with Crippen molar-refractivity contribution in [2.24, 2.45) is 0 Å². The Morgan fingerprint density at radius 3 is 2.35 bits per heavy atom. The van der Waals surface area contributed by atoms with Gasteiger partial charge in [-0.1, -0.05) is 30.3 Å². The van der Waals surface area contributed by atoms with Crippen LogP contribution in [0.15, 0.2) is 30.3 Å². The van der Waals surface area contributed by atoms with Crippen molar-refractivity contribution < 1.29 is 19.5 Å². The summed E-state index contributed by atoms with van der Waals surface area (Å²) in [7, 11) is 0. The summed E-state index contributed by atoms with van der Waals surface area (Å²) >= 11 is 0. The number of carbonyl (C=O) groups is 3. The Bertz CT molecular complexity index is 595. The van der Waals surface area contributed by atoms with Crippen molar-refractivity contribution in [3.8, 4) is 6.07 Å². The number of hydrogen-bond acceptors (Lipinski definition) is 4. The molecular formula is C16H19N3O4. The average Bonchev–Trinajstić information content (AvgIpc) is 2.50. The van der Waals surface area contributed by atoms with Gasteiger partial charge in [-0.15, -0.1) is 0 Å². The van der Waals surface area contributed by atoms with Crippen LogP contribution in [0.3, 0.4) is 0 Å². The molecule has 1 aromatic rings. The van der Waals surface area contributed by atoms with Crippen LogP contribution in [0.5, 0.6) is 0 Å². The van der Waals surface area contributed by atoms with E-state index in [4.69, 9.17) is 10.4 Å². The van der Waals surface area contributed by atoms with Crippen LogP contribution in [0.2, 0.25) is 0 Å². The van der Waals surface area contributed by atoms with E-state index in [1.54, 1.807) is 0 Å². The number of benzene rings is 1. The standard InChI is InChI=1S/C16H19N3O4/c1-11(20)18-14(10-12-6-3-2-4-7-12)15(21)19-13(16(22)23)8-5-9-17/h2-4,6-7,13-14H,5,8,10H2,1H3,(H,18,20)(H,19,21)(H,22,23)/t13-,14+/m1/s1. The molecule has 122 valence electrons. The number of nitrogens with one attached hydrogen (secondary N) is 2. The van der Waals surface area contributed by atoms with Crippen molar-refractivity contribution >= 4 is 17.8 Å². The number of hydrogen-bond donors (Lipinski definition) is 3. The van der Waals surface area contributed by atoms with Gasteiger partial charge < -0.3 is 15.7 Å². The van der Waals surface area contributed by atoms with Crippen molar-refractivity contribution in [2.45, 2.75) is 38.3 Å². The molecule has 0 bridgehead atoms. The molecule has 0 unspecified atom stereocenters. The average molecular weight is 317 g/mol. The molecule has 7 nitrogen and oxygen atoms in total. The zero-order valence-electron chi connectivity index (χ0n) is 12.8. The SMILES string of the molecule is CC(=O)N[C@@H](Cc1ccccc1)C(=O)N[C@H](CCC#N)C(=O)O. The Balaban J connectivity index is 2.80. The van der Waals surface area contributed by atoms with Crippen LogP contribution in [0, 0.1) is 11.3 Å². The van der Waals surface area contributed by atoms with E-state index in [9.17, 15) is 14.4 Å². The van der Waals surface area contributed by atoms with Gasteiger partial charge in [-0.3, -0.25) is 9.59 Å². The topological polar surface area (TPSA) is 119 Å². The molecular weight excluding hydrogens is 298 g/mol. The third-order valence-corrected chi connectivity index (χ3v) is 3.14. The van der Waals surface area contributed by atoms with Crippen LogP contribution in [-0.2, 0) is 20.8 Å². The molecule has 0 radical (unpaired) electrons. The molecule has 1 aromatic carbocycles. The molecule has 0 saturated carbocycles. The number of carboxylic acid groups (broad SMARTS) is 1. The lowest BCUT2D eigenvalue weighted by Crippen LogP contribution is -2.52. The molecule has 0 spiro atoms. The Kier molecular flexibility index (Phi) is 7.27. The number of rotatable bonds is 8. The first-order chi connectivity index (χ1) is 10.9. The molecule has 0 fully saturated rings. The highest BCUT2D eigenvalue weighted by molar-refractivity contribution is 5.90. The maximum atomic E-state index is 12.3. The van der Waals surface area contributed by atoms with Gasteiger partial charge in [-0.2, -0.15) is 5.26 Å². The fourth-order valence-corrected chi connectivity index (χ4v) is 2.04. The molecule has 0 aromatic heterocycles. The van der Waals surface area contributed by atoms with E-state index in [2.05, 4.69) is 10.6 Å². The summed E-state index contributed by atoms with van der Waals surface area (Å²) in [5.41, 5.74) is 0.838. The Hall–Kier alpha value is -2.88. The number of nitrogens with zero attached hydrogens (tertiary/aromatic N) is 1. The van der Waals surface area contributed by atoms with E-state index in [-0.39, 0.29) is 25.2 Å². The highest BCUT2D eigenvalue weighted by Crippen LogP contribution is 2.05. The summed E-state index contributed by atoms with van der Waals surface area (Å²) in [6, 6.07) is 8.89. The lowest BCUT2D eigenvalue weighted by atomic mass is 10.0. The quantitative estimate of drug-likeness (QED) is 0.649. The number of carbonyl (C=O) groups excluding carboxylic acids is 2. The monoisotopic (exact) mass is 317 g/mol. The van der Waals surface area contributed by atoms with E-state index >= 15 is 0 Å². The summed E-state index contributed by atoms with van der Waals surface area (Å²) in [4.78, 5) is 34.7. The molecule has 0 aliphatic carbocycles. The summed E-state index contributed by atoms with van der Waals surface area (Å²) in [6.45, 7) is 1.29. The molecule has 1 rings (SSSR count). The van der Waals surface area contributed by atoms with Gasteiger partial charge in [-0.25, -0.2) is 4.79 Å². The summed E-state index contributed by atoms with van der Waals surface area (Å²) in [5, 5.41) is 22.5. The van der Waals surface area contributed by atoms with Crippen LogP contribution in [0.25, 0.3) is 0 Å². The van der Waals surface area contributed by atoms with E-state index in [0.29, 0.717) is 0 Å². The van der Waals surface area contributed by atoms with E-state index in [1.807, 2.05) is 36.4 Å². The number of carboxylic acids is 1. The van der Waals surface area contributed by atoms with Crippen molar-refractivity contribution in [1.82, 2.24) is 10.6 Å². The van der Waals surface area contributed by atoms with Crippen molar-refractivity contribution in [2.75, 3.05) is 0 Å². The fourth-order valence-electron chi connectivity index (χ4n) is 2.04. The summed E-state index contributed by atoms with van der Waals surface area (Å²) < 4.78 is 0. The maximum Gasteiger partial charge on any atom is 0.326 e. The van der Waals surface area contributed by atoms with Crippen LogP contribution < -0.4 is 10.6 Å². The molecule has 0 aliphatic rings. The first kappa shape index (κ1) is 18.2. The van der Waals surface area contributed by atoms with Crippen LogP contribution >= 0.6 is 0 Å². The molecule has 3 N–H and O–H groups in total. The number of amides is 2. The molecule has 2 atom stereocenters. The van der Waals surface area contributed by atoms with Gasteiger partial charge in [0.1, 0.15) is 12.1 Å². The molecule has 23 heavy (non-hydrogen) atoms. The minimum Gasteiger partial charge on any atom is -0.480 e. The Morgan fingerprint density at radius 2 is 1.83 bits per heavy atom.